The summed E-state index contributed by atoms with van der Waals surface area (Å²) in [6.45, 7) is 6.74. The fraction of sp³-hybridized carbons (Fsp3) is 0.667. The zero-order valence-electron chi connectivity index (χ0n) is 16.5. The van der Waals surface area contributed by atoms with Crippen molar-refractivity contribution in [2.75, 3.05) is 40.3 Å². The summed E-state index contributed by atoms with van der Waals surface area (Å²) >= 11 is 1.88. The van der Waals surface area contributed by atoms with Crippen LogP contribution >= 0.6 is 11.3 Å². The van der Waals surface area contributed by atoms with E-state index in [4.69, 9.17) is 14.6 Å². The lowest BCUT2D eigenvalue weighted by Crippen LogP contribution is -2.39. The molecule has 29 heavy (non-hydrogen) atoms. The summed E-state index contributed by atoms with van der Waals surface area (Å²) < 4.78 is 37.7. The first-order valence-corrected chi connectivity index (χ1v) is 9.93. The molecule has 0 saturated carbocycles. The number of fused-ring (bicyclic) bond motifs is 1. The van der Waals surface area contributed by atoms with Crippen molar-refractivity contribution in [3.8, 4) is 0 Å². The summed E-state index contributed by atoms with van der Waals surface area (Å²) in [7, 11) is 3.53. The van der Waals surface area contributed by atoms with Gasteiger partial charge in [0, 0.05) is 61.9 Å². The highest BCUT2D eigenvalue weighted by Gasteiger charge is 2.43. The van der Waals surface area contributed by atoms with Crippen LogP contribution in [0.1, 0.15) is 9.75 Å². The van der Waals surface area contributed by atoms with E-state index >= 15 is 0 Å². The number of carboxylic acid groups (broad SMARTS) is 1. The molecule has 0 aromatic carbocycles. The van der Waals surface area contributed by atoms with E-state index in [-0.39, 0.29) is 6.03 Å². The number of aliphatic carboxylic acids is 1. The normalized spacial score (nSPS) is 23.9. The Morgan fingerprint density at radius 1 is 1.34 bits per heavy atom. The Kier molecular flexibility index (Phi) is 7.89. The molecule has 1 aromatic rings. The monoisotopic (exact) mass is 437 g/mol. The second-order valence-electron chi connectivity index (χ2n) is 7.39. The number of halogens is 3. The van der Waals surface area contributed by atoms with Crippen molar-refractivity contribution in [1.82, 2.24) is 15.1 Å². The Hall–Kier alpha value is -1.85. The topological polar surface area (TPSA) is 82.1 Å². The Morgan fingerprint density at radius 2 is 2.00 bits per heavy atom. The SMILES string of the molecule is Cc1ccc(CN2C[C@@H]3[C@@H](CNC(=O)N(C)C)CO[C@@H]3C2)s1.O=C(O)C(F)(F)F. The molecule has 3 rings (SSSR count). The van der Waals surface area contributed by atoms with Gasteiger partial charge in [0.1, 0.15) is 0 Å². The first-order valence-electron chi connectivity index (χ1n) is 9.12. The van der Waals surface area contributed by atoms with Crippen LogP contribution in [0.25, 0.3) is 0 Å². The molecule has 3 atom stereocenters. The molecule has 2 N–H and O–H groups in total. The minimum Gasteiger partial charge on any atom is -0.475 e. The summed E-state index contributed by atoms with van der Waals surface area (Å²) in [4.78, 5) is 27.4. The summed E-state index contributed by atoms with van der Waals surface area (Å²) in [6, 6.07) is 4.39. The Balaban J connectivity index is 0.000000370. The standard InChI is InChI=1S/C16H25N3O2S.C2HF3O2/c1-11-4-5-13(22-11)7-19-8-14-12(10-21-15(14)9-19)6-17-16(20)18(2)3;3-2(4,5)1(6)7/h4-5,12,14-15H,6-10H2,1-3H3,(H,17,20);(H,6,7)/t12-,14+,15+;/m0./s1. The number of carbonyl (C=O) groups is 2. The van der Waals surface area contributed by atoms with E-state index in [2.05, 4.69) is 29.3 Å². The molecule has 11 heteroatoms. The average molecular weight is 437 g/mol. The maximum atomic E-state index is 11.7. The van der Waals surface area contributed by atoms with Crippen molar-refractivity contribution >= 4 is 23.3 Å². The second kappa shape index (κ2) is 9.77. The fourth-order valence-corrected chi connectivity index (χ4v) is 4.32. The second-order valence-corrected chi connectivity index (χ2v) is 8.76. The largest absolute Gasteiger partial charge is 0.490 e. The van der Waals surface area contributed by atoms with Crippen molar-refractivity contribution in [2.45, 2.75) is 25.7 Å². The summed E-state index contributed by atoms with van der Waals surface area (Å²) in [6.07, 6.45) is -4.75. The fourth-order valence-electron chi connectivity index (χ4n) is 3.39. The molecule has 2 amide bonds. The number of alkyl halides is 3. The molecule has 1 aromatic heterocycles. The van der Waals surface area contributed by atoms with Crippen molar-refractivity contribution in [3.63, 3.8) is 0 Å². The highest BCUT2D eigenvalue weighted by atomic mass is 32.1. The van der Waals surface area contributed by atoms with Gasteiger partial charge in [-0.3, -0.25) is 4.90 Å². The molecule has 2 fully saturated rings. The van der Waals surface area contributed by atoms with Gasteiger partial charge in [-0.2, -0.15) is 13.2 Å². The van der Waals surface area contributed by atoms with Gasteiger partial charge in [0.25, 0.3) is 0 Å². The van der Waals surface area contributed by atoms with Crippen LogP contribution < -0.4 is 5.32 Å². The molecule has 2 aliphatic heterocycles. The number of carboxylic acids is 1. The van der Waals surface area contributed by atoms with E-state index in [1.165, 1.54) is 9.75 Å². The molecule has 0 bridgehead atoms. The minimum atomic E-state index is -5.08. The molecule has 0 unspecified atom stereocenters. The zero-order valence-corrected chi connectivity index (χ0v) is 17.3. The predicted molar refractivity (Wildman–Crippen MR) is 102 cm³/mol. The number of carbonyl (C=O) groups excluding carboxylic acids is 1. The maximum absolute atomic E-state index is 11.7. The summed E-state index contributed by atoms with van der Waals surface area (Å²) in [5, 5.41) is 10.1. The van der Waals surface area contributed by atoms with Crippen LogP contribution in [0, 0.1) is 18.8 Å². The van der Waals surface area contributed by atoms with E-state index < -0.39 is 12.1 Å². The van der Waals surface area contributed by atoms with Gasteiger partial charge in [-0.05, 0) is 19.1 Å². The minimum absolute atomic E-state index is 0.0210. The number of thiophene rings is 1. The van der Waals surface area contributed by atoms with Crippen molar-refractivity contribution < 1.29 is 32.6 Å². The lowest BCUT2D eigenvalue weighted by atomic mass is 9.93. The Bertz CT molecular complexity index is 711. The van der Waals surface area contributed by atoms with Crippen LogP contribution in [0.4, 0.5) is 18.0 Å². The van der Waals surface area contributed by atoms with E-state index in [9.17, 15) is 18.0 Å². The molecule has 0 spiro atoms. The van der Waals surface area contributed by atoms with E-state index in [1.54, 1.807) is 19.0 Å². The quantitative estimate of drug-likeness (QED) is 0.756. The number of ether oxygens (including phenoxy) is 1. The third-order valence-corrected chi connectivity index (χ3v) is 5.84. The number of hydrogen-bond acceptors (Lipinski definition) is 5. The van der Waals surface area contributed by atoms with E-state index in [1.807, 2.05) is 11.3 Å². The Morgan fingerprint density at radius 3 is 2.52 bits per heavy atom. The predicted octanol–water partition coefficient (Wildman–Crippen LogP) is 2.41. The first-order chi connectivity index (χ1) is 13.5. The maximum Gasteiger partial charge on any atom is 0.490 e. The molecule has 0 aliphatic carbocycles. The molecule has 0 radical (unpaired) electrons. The number of hydrogen-bond donors (Lipinski definition) is 2. The summed E-state index contributed by atoms with van der Waals surface area (Å²) in [5.74, 6) is -1.78. The van der Waals surface area contributed by atoms with Crippen LogP contribution in [0.15, 0.2) is 12.1 Å². The number of amides is 2. The number of rotatable bonds is 4. The number of likely N-dealkylation sites (tertiary alicyclic amines) is 1. The zero-order chi connectivity index (χ0) is 21.8. The molecule has 3 heterocycles. The number of urea groups is 1. The van der Waals surface area contributed by atoms with Gasteiger partial charge in [0.15, 0.2) is 0 Å². The van der Waals surface area contributed by atoms with Gasteiger partial charge in [0.2, 0.25) is 0 Å². The third kappa shape index (κ3) is 6.86. The lowest BCUT2D eigenvalue weighted by Gasteiger charge is -2.20. The lowest BCUT2D eigenvalue weighted by molar-refractivity contribution is -0.192. The molecule has 2 saturated heterocycles. The molecular weight excluding hydrogens is 411 g/mol. The van der Waals surface area contributed by atoms with Crippen molar-refractivity contribution in [3.05, 3.63) is 21.9 Å². The molecule has 164 valence electrons. The smallest absolute Gasteiger partial charge is 0.475 e. The third-order valence-electron chi connectivity index (χ3n) is 4.85. The van der Waals surface area contributed by atoms with Gasteiger partial charge in [-0.15, -0.1) is 11.3 Å². The number of nitrogens with one attached hydrogen (secondary N) is 1. The Labute approximate surface area is 171 Å². The van der Waals surface area contributed by atoms with Gasteiger partial charge < -0.3 is 20.1 Å². The molecule has 7 nitrogen and oxygen atoms in total. The van der Waals surface area contributed by atoms with Crippen LogP contribution in [0.2, 0.25) is 0 Å². The van der Waals surface area contributed by atoms with Crippen molar-refractivity contribution in [2.24, 2.45) is 11.8 Å². The van der Waals surface area contributed by atoms with Crippen LogP contribution in [-0.4, -0.2) is 79.5 Å². The van der Waals surface area contributed by atoms with Crippen LogP contribution in [0.5, 0.6) is 0 Å². The van der Waals surface area contributed by atoms with Crippen LogP contribution in [0.3, 0.4) is 0 Å². The average Bonchev–Trinajstić information content (AvgIpc) is 3.29. The van der Waals surface area contributed by atoms with Gasteiger partial charge in [-0.25, -0.2) is 9.59 Å². The van der Waals surface area contributed by atoms with Crippen LogP contribution in [-0.2, 0) is 16.1 Å². The van der Waals surface area contributed by atoms with E-state index in [0.717, 1.165) is 26.2 Å². The highest BCUT2D eigenvalue weighted by molar-refractivity contribution is 7.11. The number of aryl methyl sites for hydroxylation is 1. The highest BCUT2D eigenvalue weighted by Crippen LogP contribution is 2.34. The van der Waals surface area contributed by atoms with Crippen molar-refractivity contribution in [1.29, 1.82) is 0 Å². The van der Waals surface area contributed by atoms with E-state index in [0.29, 0.717) is 24.5 Å². The van der Waals surface area contributed by atoms with Gasteiger partial charge in [0.05, 0.1) is 12.7 Å². The molecular formula is C18H26F3N3O4S. The summed E-state index contributed by atoms with van der Waals surface area (Å²) in [5.41, 5.74) is 0. The van der Waals surface area contributed by atoms with Gasteiger partial charge in [-0.1, -0.05) is 0 Å². The number of nitrogens with zero attached hydrogens (tertiary/aromatic N) is 2. The van der Waals surface area contributed by atoms with Gasteiger partial charge >= 0.3 is 18.2 Å². The molecule has 2 aliphatic rings. The first kappa shape index (κ1) is 23.4.